The summed E-state index contributed by atoms with van der Waals surface area (Å²) in [4.78, 5) is 31.2. The van der Waals surface area contributed by atoms with E-state index in [0.29, 0.717) is 31.3 Å². The maximum Gasteiger partial charge on any atom is 0.338 e. The average molecular weight is 515 g/mol. The number of nitrogens with one attached hydrogen (secondary N) is 1. The van der Waals surface area contributed by atoms with Crippen LogP contribution in [0.15, 0.2) is 58.8 Å². The molecule has 184 valence electrons. The van der Waals surface area contributed by atoms with Crippen molar-refractivity contribution in [3.63, 3.8) is 0 Å². The van der Waals surface area contributed by atoms with Gasteiger partial charge in [0.1, 0.15) is 0 Å². The number of anilines is 1. The number of aryl methyl sites for hydroxylation is 1. The summed E-state index contributed by atoms with van der Waals surface area (Å²) in [7, 11) is -1.79. The van der Waals surface area contributed by atoms with Gasteiger partial charge in [-0.25, -0.2) is 18.2 Å². The predicted octanol–water partition coefficient (Wildman–Crippen LogP) is 2.85. The number of benzene rings is 2. The molecule has 35 heavy (non-hydrogen) atoms. The molecule has 0 saturated carbocycles. The molecule has 1 aliphatic heterocycles. The van der Waals surface area contributed by atoms with Crippen LogP contribution in [-0.4, -0.2) is 74.3 Å². The number of aromatic nitrogens is 1. The van der Waals surface area contributed by atoms with Gasteiger partial charge in [0.2, 0.25) is 10.0 Å². The van der Waals surface area contributed by atoms with E-state index in [-0.39, 0.29) is 10.5 Å². The largest absolute Gasteiger partial charge is 0.452 e. The molecule has 1 aromatic heterocycles. The minimum absolute atomic E-state index is 0.0207. The summed E-state index contributed by atoms with van der Waals surface area (Å²) in [6.07, 6.45) is 0. The highest BCUT2D eigenvalue weighted by atomic mass is 32.2. The van der Waals surface area contributed by atoms with Gasteiger partial charge in [0, 0.05) is 37.1 Å². The second-order valence-corrected chi connectivity index (χ2v) is 11.1. The first-order valence-corrected chi connectivity index (χ1v) is 13.3. The SMILES string of the molecule is Cc1ccc(-c2csc(NC(=O)COC(=O)c3cccc(S(=O)(=O)N4CCN(C)CC4)c3)n2)cc1. The highest BCUT2D eigenvalue weighted by molar-refractivity contribution is 7.89. The first-order chi connectivity index (χ1) is 16.7. The molecule has 4 rings (SSSR count). The van der Waals surface area contributed by atoms with Crippen molar-refractivity contribution < 1.29 is 22.7 Å². The zero-order valence-electron chi connectivity index (χ0n) is 19.4. The van der Waals surface area contributed by atoms with Crippen molar-refractivity contribution in [2.75, 3.05) is 45.2 Å². The molecule has 0 spiro atoms. The fraction of sp³-hybridized carbons (Fsp3) is 0.292. The van der Waals surface area contributed by atoms with Gasteiger partial charge in [-0.2, -0.15) is 4.31 Å². The molecule has 0 bridgehead atoms. The third kappa shape index (κ3) is 6.12. The van der Waals surface area contributed by atoms with Gasteiger partial charge < -0.3 is 9.64 Å². The number of nitrogens with zero attached hydrogens (tertiary/aromatic N) is 3. The quantitative estimate of drug-likeness (QED) is 0.483. The highest BCUT2D eigenvalue weighted by Crippen LogP contribution is 2.25. The first kappa shape index (κ1) is 25.0. The van der Waals surface area contributed by atoms with Crippen LogP contribution in [0.1, 0.15) is 15.9 Å². The predicted molar refractivity (Wildman–Crippen MR) is 134 cm³/mol. The van der Waals surface area contributed by atoms with Crippen LogP contribution < -0.4 is 5.32 Å². The van der Waals surface area contributed by atoms with E-state index in [1.165, 1.54) is 39.9 Å². The third-order valence-corrected chi connectivity index (χ3v) is 8.25. The van der Waals surface area contributed by atoms with Gasteiger partial charge in [-0.05, 0) is 32.2 Å². The summed E-state index contributed by atoms with van der Waals surface area (Å²) in [6, 6.07) is 13.6. The second kappa shape index (κ2) is 10.6. The summed E-state index contributed by atoms with van der Waals surface area (Å²) < 4.78 is 32.4. The van der Waals surface area contributed by atoms with E-state index in [2.05, 4.69) is 15.2 Å². The summed E-state index contributed by atoms with van der Waals surface area (Å²) in [6.45, 7) is 3.53. The molecular weight excluding hydrogens is 488 g/mol. The molecule has 11 heteroatoms. The van der Waals surface area contributed by atoms with Crippen molar-refractivity contribution in [3.8, 4) is 11.3 Å². The Morgan fingerprint density at radius 1 is 1.09 bits per heavy atom. The van der Waals surface area contributed by atoms with Gasteiger partial charge in [0.15, 0.2) is 11.7 Å². The lowest BCUT2D eigenvalue weighted by Gasteiger charge is -2.31. The summed E-state index contributed by atoms with van der Waals surface area (Å²) >= 11 is 1.27. The monoisotopic (exact) mass is 514 g/mol. The van der Waals surface area contributed by atoms with E-state index in [0.717, 1.165) is 16.8 Å². The Balaban J connectivity index is 1.34. The van der Waals surface area contributed by atoms with Crippen LogP contribution in [0.3, 0.4) is 0 Å². The number of ether oxygens (including phenoxy) is 1. The Morgan fingerprint density at radius 3 is 2.51 bits per heavy atom. The number of carbonyl (C=O) groups excluding carboxylic acids is 2. The van der Waals surface area contributed by atoms with Gasteiger partial charge >= 0.3 is 5.97 Å². The van der Waals surface area contributed by atoms with E-state index in [9.17, 15) is 18.0 Å². The maximum absolute atomic E-state index is 12.9. The number of piperazine rings is 1. The van der Waals surface area contributed by atoms with Gasteiger partial charge in [-0.15, -0.1) is 11.3 Å². The summed E-state index contributed by atoms with van der Waals surface area (Å²) in [5.74, 6) is -1.32. The van der Waals surface area contributed by atoms with Crippen LogP contribution in [0.4, 0.5) is 5.13 Å². The summed E-state index contributed by atoms with van der Waals surface area (Å²) in [5.41, 5.74) is 2.87. The normalized spacial score (nSPS) is 15.0. The number of likely N-dealkylation sites (N-methyl/N-ethyl adjacent to an activating group) is 1. The van der Waals surface area contributed by atoms with Crippen molar-refractivity contribution in [1.29, 1.82) is 0 Å². The highest BCUT2D eigenvalue weighted by Gasteiger charge is 2.28. The molecule has 0 radical (unpaired) electrons. The van der Waals surface area contributed by atoms with Gasteiger partial charge in [0.05, 0.1) is 16.2 Å². The van der Waals surface area contributed by atoms with Gasteiger partial charge in [-0.1, -0.05) is 35.9 Å². The zero-order valence-corrected chi connectivity index (χ0v) is 21.1. The molecule has 2 heterocycles. The Morgan fingerprint density at radius 2 is 1.80 bits per heavy atom. The summed E-state index contributed by atoms with van der Waals surface area (Å²) in [5, 5.41) is 4.84. The number of thiazole rings is 1. The lowest BCUT2D eigenvalue weighted by molar-refractivity contribution is -0.119. The van der Waals surface area contributed by atoms with Crippen LogP contribution >= 0.6 is 11.3 Å². The van der Waals surface area contributed by atoms with Gasteiger partial charge in [-0.3, -0.25) is 10.1 Å². The average Bonchev–Trinajstić information content (AvgIpc) is 3.31. The molecule has 1 aliphatic rings. The molecule has 1 saturated heterocycles. The molecule has 2 aromatic carbocycles. The zero-order chi connectivity index (χ0) is 25.0. The van der Waals surface area contributed by atoms with Crippen molar-refractivity contribution in [1.82, 2.24) is 14.2 Å². The van der Waals surface area contributed by atoms with Crippen LogP contribution in [0.2, 0.25) is 0 Å². The van der Waals surface area contributed by atoms with Crippen molar-refractivity contribution >= 4 is 38.4 Å². The van der Waals surface area contributed by atoms with Crippen molar-refractivity contribution in [3.05, 3.63) is 65.0 Å². The number of carbonyl (C=O) groups is 2. The van der Waals surface area contributed by atoms with Crippen LogP contribution in [0, 0.1) is 6.92 Å². The fourth-order valence-electron chi connectivity index (χ4n) is 3.52. The van der Waals surface area contributed by atoms with E-state index in [4.69, 9.17) is 4.74 Å². The van der Waals surface area contributed by atoms with Crippen LogP contribution in [0.5, 0.6) is 0 Å². The second-order valence-electron chi connectivity index (χ2n) is 8.26. The number of amides is 1. The van der Waals surface area contributed by atoms with Crippen molar-refractivity contribution in [2.45, 2.75) is 11.8 Å². The number of hydrogen-bond acceptors (Lipinski definition) is 8. The van der Waals surface area contributed by atoms with Crippen LogP contribution in [0.25, 0.3) is 11.3 Å². The number of esters is 1. The van der Waals surface area contributed by atoms with Crippen LogP contribution in [-0.2, 0) is 19.6 Å². The molecule has 1 amide bonds. The van der Waals surface area contributed by atoms with Crippen molar-refractivity contribution in [2.24, 2.45) is 0 Å². The molecule has 1 N–H and O–H groups in total. The Kier molecular flexibility index (Phi) is 7.60. The van der Waals surface area contributed by atoms with E-state index < -0.39 is 28.5 Å². The lowest BCUT2D eigenvalue weighted by Crippen LogP contribution is -2.47. The van der Waals surface area contributed by atoms with E-state index in [1.54, 1.807) is 0 Å². The number of hydrogen-bond donors (Lipinski definition) is 1. The molecule has 3 aromatic rings. The molecular formula is C24H26N4O5S2. The van der Waals surface area contributed by atoms with E-state index in [1.807, 2.05) is 43.6 Å². The number of sulfonamides is 1. The third-order valence-electron chi connectivity index (χ3n) is 5.60. The van der Waals surface area contributed by atoms with Gasteiger partial charge in [0.25, 0.3) is 5.91 Å². The fourth-order valence-corrected chi connectivity index (χ4v) is 5.72. The Hall–Kier alpha value is -3.12. The minimum atomic E-state index is -3.72. The Labute approximate surface area is 208 Å². The van der Waals surface area contributed by atoms with E-state index >= 15 is 0 Å². The molecule has 1 fully saturated rings. The lowest BCUT2D eigenvalue weighted by atomic mass is 10.1. The topological polar surface area (TPSA) is 109 Å². The maximum atomic E-state index is 12.9. The number of rotatable bonds is 7. The smallest absolute Gasteiger partial charge is 0.338 e. The molecule has 0 unspecified atom stereocenters. The molecule has 9 nitrogen and oxygen atoms in total. The molecule has 0 atom stereocenters. The Bertz CT molecular complexity index is 1310. The minimum Gasteiger partial charge on any atom is -0.452 e. The standard InChI is InChI=1S/C24H26N4O5S2/c1-17-6-8-18(9-7-17)21-16-34-24(25-21)26-22(29)15-33-23(30)19-4-3-5-20(14-19)35(31,32)28-12-10-27(2)11-13-28/h3-9,14,16H,10-13,15H2,1-2H3,(H,25,26,29). The molecule has 0 aliphatic carbocycles. The first-order valence-electron chi connectivity index (χ1n) is 11.0.